The van der Waals surface area contributed by atoms with Crippen molar-refractivity contribution in [2.24, 2.45) is 7.05 Å². The summed E-state index contributed by atoms with van der Waals surface area (Å²) in [7, 11) is 1.91. The standard InChI is InChI=1S/C16H19BrFN3O/c1-21-10-12(9-20-21)16-15(3-2-6-22-16)19-8-11-4-5-14(18)13(17)7-11/h4-5,7,9-10,15-16,19H,2-3,6,8H2,1H3/t15-,16+/m0/s1. The van der Waals surface area contributed by atoms with E-state index in [1.807, 2.05) is 25.5 Å². The molecule has 0 amide bonds. The molecule has 0 bridgehead atoms. The fourth-order valence-electron chi connectivity index (χ4n) is 2.80. The molecular formula is C16H19BrFN3O. The van der Waals surface area contributed by atoms with Crippen LogP contribution in [0.25, 0.3) is 0 Å². The van der Waals surface area contributed by atoms with Gasteiger partial charge < -0.3 is 10.1 Å². The Morgan fingerprint density at radius 2 is 2.36 bits per heavy atom. The van der Waals surface area contributed by atoms with Gasteiger partial charge in [0.15, 0.2) is 0 Å². The van der Waals surface area contributed by atoms with Crippen molar-refractivity contribution >= 4 is 15.9 Å². The highest BCUT2D eigenvalue weighted by molar-refractivity contribution is 9.10. The number of rotatable bonds is 4. The first-order valence-corrected chi connectivity index (χ1v) is 8.20. The lowest BCUT2D eigenvalue weighted by Gasteiger charge is -2.32. The lowest BCUT2D eigenvalue weighted by atomic mass is 9.98. The number of nitrogens with zero attached hydrogens (tertiary/aromatic N) is 2. The Morgan fingerprint density at radius 1 is 1.50 bits per heavy atom. The van der Waals surface area contributed by atoms with Crippen LogP contribution in [-0.2, 0) is 18.3 Å². The Balaban J connectivity index is 1.67. The van der Waals surface area contributed by atoms with E-state index in [2.05, 4.69) is 26.3 Å². The molecule has 22 heavy (non-hydrogen) atoms. The first-order chi connectivity index (χ1) is 10.6. The van der Waals surface area contributed by atoms with Crippen LogP contribution in [0.4, 0.5) is 4.39 Å². The Labute approximate surface area is 137 Å². The minimum atomic E-state index is -0.238. The largest absolute Gasteiger partial charge is 0.372 e. The Hall–Kier alpha value is -1.24. The number of nitrogens with one attached hydrogen (secondary N) is 1. The number of ether oxygens (including phenoxy) is 1. The zero-order valence-electron chi connectivity index (χ0n) is 12.4. The summed E-state index contributed by atoms with van der Waals surface area (Å²) in [5.41, 5.74) is 2.14. The van der Waals surface area contributed by atoms with Gasteiger partial charge in [0.1, 0.15) is 11.9 Å². The van der Waals surface area contributed by atoms with Gasteiger partial charge in [-0.3, -0.25) is 4.68 Å². The maximum Gasteiger partial charge on any atom is 0.137 e. The van der Waals surface area contributed by atoms with E-state index in [-0.39, 0.29) is 18.0 Å². The molecule has 0 unspecified atom stereocenters. The van der Waals surface area contributed by atoms with E-state index in [1.54, 1.807) is 10.7 Å². The summed E-state index contributed by atoms with van der Waals surface area (Å²) in [4.78, 5) is 0. The van der Waals surface area contributed by atoms with E-state index in [0.717, 1.165) is 30.6 Å². The minimum absolute atomic E-state index is 0.0198. The maximum absolute atomic E-state index is 13.3. The third-order valence-corrected chi connectivity index (χ3v) is 4.54. The molecule has 1 aliphatic heterocycles. The van der Waals surface area contributed by atoms with Crippen LogP contribution in [0, 0.1) is 5.82 Å². The summed E-state index contributed by atoms with van der Waals surface area (Å²) in [6.45, 7) is 1.46. The second kappa shape index (κ2) is 6.89. The molecule has 0 aliphatic carbocycles. The van der Waals surface area contributed by atoms with Crippen LogP contribution in [0.3, 0.4) is 0 Å². The number of halogens is 2. The molecule has 0 spiro atoms. The summed E-state index contributed by atoms with van der Waals surface area (Å²) < 4.78 is 21.5. The van der Waals surface area contributed by atoms with E-state index >= 15 is 0 Å². The molecule has 0 radical (unpaired) electrons. The summed E-state index contributed by atoms with van der Waals surface area (Å²) in [5, 5.41) is 7.76. The SMILES string of the molecule is Cn1cc([C@H]2OCCC[C@@H]2NCc2ccc(F)c(Br)c2)cn1. The third-order valence-electron chi connectivity index (χ3n) is 3.93. The van der Waals surface area contributed by atoms with E-state index in [4.69, 9.17) is 4.74 Å². The zero-order chi connectivity index (χ0) is 15.5. The van der Waals surface area contributed by atoms with Gasteiger partial charge in [-0.1, -0.05) is 6.07 Å². The zero-order valence-corrected chi connectivity index (χ0v) is 14.0. The van der Waals surface area contributed by atoms with Crippen molar-refractivity contribution in [2.45, 2.75) is 31.5 Å². The Bertz CT molecular complexity index is 646. The molecule has 2 heterocycles. The van der Waals surface area contributed by atoms with Crippen molar-refractivity contribution in [3.8, 4) is 0 Å². The maximum atomic E-state index is 13.3. The Kier molecular flexibility index (Phi) is 4.90. The topological polar surface area (TPSA) is 39.1 Å². The smallest absolute Gasteiger partial charge is 0.137 e. The molecule has 1 saturated heterocycles. The quantitative estimate of drug-likeness (QED) is 0.900. The number of aromatic nitrogens is 2. The van der Waals surface area contributed by atoms with Crippen molar-refractivity contribution in [2.75, 3.05) is 6.61 Å². The van der Waals surface area contributed by atoms with Gasteiger partial charge in [-0.15, -0.1) is 0 Å². The number of hydrogen-bond donors (Lipinski definition) is 1. The van der Waals surface area contributed by atoms with E-state index < -0.39 is 0 Å². The van der Waals surface area contributed by atoms with Crippen LogP contribution in [0.1, 0.15) is 30.1 Å². The first kappa shape index (κ1) is 15.6. The average molecular weight is 368 g/mol. The highest BCUT2D eigenvalue weighted by Gasteiger charge is 2.28. The predicted octanol–water partition coefficient (Wildman–Crippen LogP) is 3.33. The predicted molar refractivity (Wildman–Crippen MR) is 85.9 cm³/mol. The van der Waals surface area contributed by atoms with Gasteiger partial charge in [0.2, 0.25) is 0 Å². The van der Waals surface area contributed by atoms with Gasteiger partial charge >= 0.3 is 0 Å². The molecule has 0 saturated carbocycles. The summed E-state index contributed by atoms with van der Waals surface area (Å²) >= 11 is 3.22. The Morgan fingerprint density at radius 3 is 3.09 bits per heavy atom. The van der Waals surface area contributed by atoms with Crippen molar-refractivity contribution in [1.29, 1.82) is 0 Å². The van der Waals surface area contributed by atoms with Gasteiger partial charge in [-0.05, 0) is 46.5 Å². The third kappa shape index (κ3) is 3.56. The highest BCUT2D eigenvalue weighted by Crippen LogP contribution is 2.28. The molecule has 1 N–H and O–H groups in total. The minimum Gasteiger partial charge on any atom is -0.372 e. The molecule has 2 atom stereocenters. The molecule has 4 nitrogen and oxygen atoms in total. The van der Waals surface area contributed by atoms with Crippen molar-refractivity contribution in [3.05, 3.63) is 52.0 Å². The monoisotopic (exact) mass is 367 g/mol. The molecule has 2 aromatic rings. The fourth-order valence-corrected chi connectivity index (χ4v) is 3.23. The second-order valence-electron chi connectivity index (χ2n) is 5.62. The average Bonchev–Trinajstić information content (AvgIpc) is 2.95. The second-order valence-corrected chi connectivity index (χ2v) is 6.47. The van der Waals surface area contributed by atoms with Crippen LogP contribution in [0.15, 0.2) is 35.1 Å². The molecule has 6 heteroatoms. The molecule has 3 rings (SSSR count). The van der Waals surface area contributed by atoms with E-state index in [9.17, 15) is 4.39 Å². The van der Waals surface area contributed by atoms with Gasteiger partial charge in [-0.2, -0.15) is 5.10 Å². The molecule has 1 aromatic heterocycles. The summed E-state index contributed by atoms with van der Waals surface area (Å²) in [6, 6.07) is 5.33. The van der Waals surface area contributed by atoms with Crippen LogP contribution in [-0.4, -0.2) is 22.4 Å². The van der Waals surface area contributed by atoms with E-state index in [0.29, 0.717) is 11.0 Å². The number of hydrogen-bond acceptors (Lipinski definition) is 3. The molecular weight excluding hydrogens is 349 g/mol. The van der Waals surface area contributed by atoms with Crippen molar-refractivity contribution < 1.29 is 9.13 Å². The van der Waals surface area contributed by atoms with Crippen LogP contribution in [0.5, 0.6) is 0 Å². The van der Waals surface area contributed by atoms with Crippen LogP contribution in [0.2, 0.25) is 0 Å². The van der Waals surface area contributed by atoms with E-state index in [1.165, 1.54) is 6.07 Å². The number of aryl methyl sites for hydroxylation is 1. The van der Waals surface area contributed by atoms with Crippen molar-refractivity contribution in [3.63, 3.8) is 0 Å². The fraction of sp³-hybridized carbons (Fsp3) is 0.438. The first-order valence-electron chi connectivity index (χ1n) is 7.41. The normalized spacial score (nSPS) is 22.0. The lowest BCUT2D eigenvalue weighted by Crippen LogP contribution is -2.39. The van der Waals surface area contributed by atoms with Crippen molar-refractivity contribution in [1.82, 2.24) is 15.1 Å². The summed E-state index contributed by atoms with van der Waals surface area (Å²) in [5.74, 6) is -0.238. The lowest BCUT2D eigenvalue weighted by molar-refractivity contribution is -0.0112. The van der Waals surface area contributed by atoms with Crippen LogP contribution < -0.4 is 5.32 Å². The highest BCUT2D eigenvalue weighted by atomic mass is 79.9. The van der Waals surface area contributed by atoms with Gasteiger partial charge in [-0.25, -0.2) is 4.39 Å². The summed E-state index contributed by atoms with van der Waals surface area (Å²) in [6.07, 6.45) is 5.98. The molecule has 1 aliphatic rings. The number of benzene rings is 1. The van der Waals surface area contributed by atoms with Gasteiger partial charge in [0.25, 0.3) is 0 Å². The van der Waals surface area contributed by atoms with Gasteiger partial charge in [0.05, 0.1) is 10.7 Å². The molecule has 118 valence electrons. The van der Waals surface area contributed by atoms with Gasteiger partial charge in [0, 0.05) is 38.0 Å². The molecule has 1 aromatic carbocycles. The molecule has 1 fully saturated rings. The van der Waals surface area contributed by atoms with Crippen LogP contribution >= 0.6 is 15.9 Å².